The molecule has 1 fully saturated rings. The topological polar surface area (TPSA) is 129 Å². The molecule has 0 saturated heterocycles. The highest BCUT2D eigenvalue weighted by Gasteiger charge is 2.34. The Morgan fingerprint density at radius 1 is 1.42 bits per heavy atom. The Morgan fingerprint density at radius 3 is 3.03 bits per heavy atom. The fraction of sp³-hybridized carbons (Fsp3) is 0.385. The van der Waals surface area contributed by atoms with Crippen LogP contribution in [0.25, 0.3) is 0 Å². The van der Waals surface area contributed by atoms with Crippen LogP contribution in [0, 0.1) is 12.3 Å². The lowest BCUT2D eigenvalue weighted by atomic mass is 9.89. The molecule has 0 spiro atoms. The maximum absolute atomic E-state index is 15.1. The van der Waals surface area contributed by atoms with E-state index in [9.17, 15) is 4.79 Å². The maximum atomic E-state index is 15.1. The number of aliphatic imine (C=N–C) groups is 1. The fourth-order valence-electron chi connectivity index (χ4n) is 5.08. The predicted molar refractivity (Wildman–Crippen MR) is 142 cm³/mol. The highest BCUT2D eigenvalue weighted by molar-refractivity contribution is 7.14. The van der Waals surface area contributed by atoms with Crippen LogP contribution in [0.15, 0.2) is 48.0 Å². The van der Waals surface area contributed by atoms with Crippen LogP contribution in [-0.2, 0) is 6.42 Å². The summed E-state index contributed by atoms with van der Waals surface area (Å²) in [6.07, 6.45) is 19.5. The van der Waals surface area contributed by atoms with Gasteiger partial charge in [0.2, 0.25) is 0 Å². The molecule has 3 N–H and O–H groups in total. The molecule has 4 atom stereocenters. The summed E-state index contributed by atoms with van der Waals surface area (Å²) in [5.41, 5.74) is 7.11. The molecule has 0 radical (unpaired) electrons. The molecule has 2 unspecified atom stereocenters. The molecule has 10 nitrogen and oxygen atoms in total. The highest BCUT2D eigenvalue weighted by atomic mass is 32.1. The molecule has 1 saturated carbocycles. The van der Waals surface area contributed by atoms with Crippen LogP contribution in [0.1, 0.15) is 82.6 Å². The van der Waals surface area contributed by atoms with Gasteiger partial charge in [0.05, 0.1) is 28.9 Å². The Balaban J connectivity index is 1.45. The quantitative estimate of drug-likeness (QED) is 0.354. The first-order chi connectivity index (χ1) is 18.5. The van der Waals surface area contributed by atoms with Gasteiger partial charge in [0.25, 0.3) is 5.91 Å². The van der Waals surface area contributed by atoms with E-state index in [1.807, 2.05) is 0 Å². The van der Waals surface area contributed by atoms with Crippen LogP contribution in [-0.4, -0.2) is 47.5 Å². The summed E-state index contributed by atoms with van der Waals surface area (Å²) in [6.45, 7) is 1.79. The number of nitrogens with two attached hydrogens (primary N) is 1. The summed E-state index contributed by atoms with van der Waals surface area (Å²) in [5.74, 6) is 1.97. The fourth-order valence-corrected chi connectivity index (χ4v) is 5.71. The van der Waals surface area contributed by atoms with Crippen molar-refractivity contribution in [2.45, 2.75) is 63.2 Å². The Morgan fingerprint density at radius 2 is 2.29 bits per heavy atom. The third kappa shape index (κ3) is 5.15. The normalized spacial score (nSPS) is 22.2. The number of thiazole rings is 1. The number of fused-ring (bicyclic) bond motifs is 1. The minimum Gasteiger partial charge on any atom is -0.405 e. The molecule has 1 aliphatic heterocycles. The van der Waals surface area contributed by atoms with Gasteiger partial charge in [-0.15, -0.1) is 17.8 Å². The van der Waals surface area contributed by atoms with Crippen molar-refractivity contribution in [3.8, 4) is 12.3 Å². The number of aromatic nitrogens is 6. The molecule has 0 bridgehead atoms. The van der Waals surface area contributed by atoms with Gasteiger partial charge in [-0.1, -0.05) is 5.92 Å². The second-order valence-electron chi connectivity index (χ2n) is 9.33. The largest absolute Gasteiger partial charge is 0.405 e. The minimum atomic E-state index is -0.595. The Hall–Kier alpha value is -4.11. The average Bonchev–Trinajstić information content (AvgIpc) is 3.70. The van der Waals surface area contributed by atoms with Gasteiger partial charge in [0.1, 0.15) is 36.2 Å². The standard InChI is InChI=1S/C26H28FN9OS/c1-3-19-12-31-26(38-19)25(37)33-17-6-4-7-18(10-17)36-22-11-23(35-15-29-14-32-35)30-13-21(22)34-24(36)16(2)20(27)8-5-9-28/h1,5,8-9,12-18,23H,4,6-7,10-11,28H2,2H3,(H,33,37)/b9-5-,20-8+/t16?,17-,18+,23?/m0/s1. The van der Waals surface area contributed by atoms with Gasteiger partial charge in [0.15, 0.2) is 5.01 Å². The first-order valence-electron chi connectivity index (χ1n) is 12.4. The number of allylic oxidation sites excluding steroid dienone is 3. The van der Waals surface area contributed by atoms with Crippen molar-refractivity contribution >= 4 is 23.5 Å². The van der Waals surface area contributed by atoms with Gasteiger partial charge in [-0.05, 0) is 51.0 Å². The van der Waals surface area contributed by atoms with Crippen LogP contribution < -0.4 is 11.1 Å². The maximum Gasteiger partial charge on any atom is 0.280 e. The van der Waals surface area contributed by atoms with E-state index in [4.69, 9.17) is 17.1 Å². The number of terminal acetylenes is 1. The summed E-state index contributed by atoms with van der Waals surface area (Å²) in [5, 5.41) is 7.72. The Bertz CT molecular complexity index is 1430. The highest BCUT2D eigenvalue weighted by Crippen LogP contribution is 2.38. The van der Waals surface area contributed by atoms with Crippen molar-refractivity contribution in [2.75, 3.05) is 0 Å². The lowest BCUT2D eigenvalue weighted by molar-refractivity contribution is 0.0919. The number of amides is 1. The number of hydrogen-bond donors (Lipinski definition) is 2. The molecule has 2 aliphatic rings. The molecule has 3 aromatic heterocycles. The lowest BCUT2D eigenvalue weighted by Crippen LogP contribution is -2.39. The van der Waals surface area contributed by atoms with E-state index in [1.54, 1.807) is 24.1 Å². The van der Waals surface area contributed by atoms with E-state index < -0.39 is 5.92 Å². The number of nitrogens with one attached hydrogen (secondary N) is 1. The molecule has 5 rings (SSSR count). The molecule has 12 heteroatoms. The van der Waals surface area contributed by atoms with Crippen LogP contribution in [0.5, 0.6) is 0 Å². The summed E-state index contributed by atoms with van der Waals surface area (Å²) in [7, 11) is 0. The second-order valence-corrected chi connectivity index (χ2v) is 10.4. The van der Waals surface area contributed by atoms with E-state index in [0.717, 1.165) is 30.7 Å². The van der Waals surface area contributed by atoms with Gasteiger partial charge in [-0.2, -0.15) is 5.10 Å². The Labute approximate surface area is 223 Å². The smallest absolute Gasteiger partial charge is 0.280 e. The van der Waals surface area contributed by atoms with E-state index in [0.29, 0.717) is 28.6 Å². The molecule has 196 valence electrons. The summed E-state index contributed by atoms with van der Waals surface area (Å²) in [4.78, 5) is 31.1. The minimum absolute atomic E-state index is 0.0149. The van der Waals surface area contributed by atoms with Crippen LogP contribution in [0.2, 0.25) is 0 Å². The summed E-state index contributed by atoms with van der Waals surface area (Å²) in [6, 6.07) is -0.0503. The van der Waals surface area contributed by atoms with E-state index >= 15 is 4.39 Å². The lowest BCUT2D eigenvalue weighted by Gasteiger charge is -2.33. The van der Waals surface area contributed by atoms with Crippen molar-refractivity contribution < 1.29 is 9.18 Å². The molecule has 1 aliphatic carbocycles. The van der Waals surface area contributed by atoms with Gasteiger partial charge >= 0.3 is 0 Å². The number of rotatable bonds is 7. The zero-order valence-electron chi connectivity index (χ0n) is 20.9. The zero-order chi connectivity index (χ0) is 26.6. The molecule has 3 aromatic rings. The SMILES string of the molecule is C#Cc1cnc(C(=O)N[C@H]2CCC[C@@H](n3c(C(C)/C(F)=C\C=C/N)nc4c3CC(n3cncn3)N=C4)C2)s1. The average molecular weight is 534 g/mol. The van der Waals surface area contributed by atoms with Crippen molar-refractivity contribution in [3.63, 3.8) is 0 Å². The van der Waals surface area contributed by atoms with E-state index in [2.05, 4.69) is 35.9 Å². The van der Waals surface area contributed by atoms with Crippen LogP contribution in [0.3, 0.4) is 0 Å². The number of nitrogens with zero attached hydrogens (tertiary/aromatic N) is 7. The number of halogens is 1. The van der Waals surface area contributed by atoms with E-state index in [1.165, 1.54) is 42.2 Å². The number of carbonyl (C=O) groups is 1. The van der Waals surface area contributed by atoms with Gasteiger partial charge in [0, 0.05) is 18.5 Å². The molecule has 0 aromatic carbocycles. The third-order valence-corrected chi connectivity index (χ3v) is 7.84. The zero-order valence-corrected chi connectivity index (χ0v) is 21.7. The van der Waals surface area contributed by atoms with Crippen molar-refractivity contribution in [1.82, 2.24) is 34.6 Å². The van der Waals surface area contributed by atoms with Crippen LogP contribution in [0.4, 0.5) is 4.39 Å². The molecule has 4 heterocycles. The number of imidazole rings is 1. The molecular formula is C26H28FN9OS. The summed E-state index contributed by atoms with van der Waals surface area (Å²) >= 11 is 1.20. The third-order valence-electron chi connectivity index (χ3n) is 6.91. The Kier molecular flexibility index (Phi) is 7.46. The van der Waals surface area contributed by atoms with Crippen LogP contribution >= 0.6 is 11.3 Å². The first-order valence-corrected chi connectivity index (χ1v) is 13.3. The first kappa shape index (κ1) is 25.5. The summed E-state index contributed by atoms with van der Waals surface area (Å²) < 4.78 is 19.0. The molecule has 38 heavy (non-hydrogen) atoms. The molecule has 1 amide bonds. The van der Waals surface area contributed by atoms with Crippen molar-refractivity contribution in [1.29, 1.82) is 0 Å². The van der Waals surface area contributed by atoms with Gasteiger partial charge < -0.3 is 15.6 Å². The number of hydrogen-bond acceptors (Lipinski definition) is 8. The van der Waals surface area contributed by atoms with E-state index in [-0.39, 0.29) is 30.0 Å². The second kappa shape index (κ2) is 11.1. The van der Waals surface area contributed by atoms with Crippen molar-refractivity contribution in [3.05, 3.63) is 70.1 Å². The predicted octanol–water partition coefficient (Wildman–Crippen LogP) is 3.43. The van der Waals surface area contributed by atoms with Gasteiger partial charge in [-0.3, -0.25) is 9.79 Å². The molecular weight excluding hydrogens is 505 g/mol. The van der Waals surface area contributed by atoms with Crippen molar-refractivity contribution in [2.24, 2.45) is 10.7 Å². The van der Waals surface area contributed by atoms with Gasteiger partial charge in [-0.25, -0.2) is 24.0 Å². The number of carbonyl (C=O) groups excluding carboxylic acids is 1. The monoisotopic (exact) mass is 533 g/mol.